The molecule has 0 aliphatic carbocycles. The lowest BCUT2D eigenvalue weighted by molar-refractivity contribution is 0.229. The largest absolute Gasteiger partial charge is 0.351 e. The third-order valence-electron chi connectivity index (χ3n) is 1.000. The normalized spacial score (nSPS) is 14.6. The van der Waals surface area contributed by atoms with Crippen molar-refractivity contribution in [3.63, 3.8) is 0 Å². The molecule has 0 spiro atoms. The summed E-state index contributed by atoms with van der Waals surface area (Å²) in [7, 11) is 0. The van der Waals surface area contributed by atoms with Crippen molar-refractivity contribution in [2.45, 2.75) is 0 Å². The van der Waals surface area contributed by atoms with Gasteiger partial charge in [0.15, 0.2) is 0 Å². The predicted octanol–water partition coefficient (Wildman–Crippen LogP) is 0.345. The standard InChI is InChI=1S/C5H7N3O.ClH/c6-5(9)8-3-1-7-2-4-8;/h1-3H,4H2,(H2,6,9);1H. The number of nitrogens with zero attached hydrogens (tertiary/aromatic N) is 2. The molecule has 0 saturated heterocycles. The Labute approximate surface area is 64.8 Å². The predicted molar refractivity (Wildman–Crippen MR) is 41.2 cm³/mol. The molecule has 2 amide bonds. The van der Waals surface area contributed by atoms with Gasteiger partial charge in [0.2, 0.25) is 0 Å². The molecule has 0 saturated carbocycles. The van der Waals surface area contributed by atoms with Gasteiger partial charge >= 0.3 is 6.03 Å². The van der Waals surface area contributed by atoms with Crippen LogP contribution in [0.3, 0.4) is 0 Å². The molecule has 1 aliphatic rings. The molecular formula is C5H8ClN3O. The number of hydrogen-bond acceptors (Lipinski definition) is 2. The molecule has 56 valence electrons. The Bertz CT molecular complexity index is 178. The van der Waals surface area contributed by atoms with Crippen LogP contribution in [0.25, 0.3) is 0 Å². The van der Waals surface area contributed by atoms with Gasteiger partial charge in [-0.25, -0.2) is 4.79 Å². The van der Waals surface area contributed by atoms with E-state index in [-0.39, 0.29) is 12.4 Å². The highest BCUT2D eigenvalue weighted by molar-refractivity contribution is 5.85. The van der Waals surface area contributed by atoms with Gasteiger partial charge in [-0.1, -0.05) is 0 Å². The highest BCUT2D eigenvalue weighted by Crippen LogP contribution is 1.92. The summed E-state index contributed by atoms with van der Waals surface area (Å²) in [5, 5.41) is 0. The zero-order chi connectivity index (χ0) is 6.69. The van der Waals surface area contributed by atoms with Crippen molar-refractivity contribution in [2.75, 3.05) is 6.54 Å². The average Bonchev–Trinajstić information content (AvgIpc) is 1.90. The second-order valence-electron chi connectivity index (χ2n) is 1.62. The van der Waals surface area contributed by atoms with Crippen LogP contribution < -0.4 is 5.73 Å². The van der Waals surface area contributed by atoms with Crippen molar-refractivity contribution in [1.82, 2.24) is 4.90 Å². The van der Waals surface area contributed by atoms with Crippen LogP contribution in [0.2, 0.25) is 0 Å². The van der Waals surface area contributed by atoms with Crippen molar-refractivity contribution in [2.24, 2.45) is 10.7 Å². The lowest BCUT2D eigenvalue weighted by Crippen LogP contribution is -2.33. The van der Waals surface area contributed by atoms with E-state index in [4.69, 9.17) is 5.73 Å². The molecular weight excluding hydrogens is 154 g/mol. The van der Waals surface area contributed by atoms with E-state index in [0.717, 1.165) is 0 Å². The highest BCUT2D eigenvalue weighted by Gasteiger charge is 2.03. The first kappa shape index (κ1) is 8.97. The van der Waals surface area contributed by atoms with Crippen molar-refractivity contribution < 1.29 is 4.79 Å². The molecule has 0 bridgehead atoms. The third kappa shape index (κ3) is 2.06. The van der Waals surface area contributed by atoms with E-state index in [0.29, 0.717) is 6.54 Å². The zero-order valence-electron chi connectivity index (χ0n) is 5.23. The van der Waals surface area contributed by atoms with Gasteiger partial charge in [0, 0.05) is 18.6 Å². The third-order valence-corrected chi connectivity index (χ3v) is 1.000. The number of rotatable bonds is 0. The first-order chi connectivity index (χ1) is 4.30. The van der Waals surface area contributed by atoms with Crippen molar-refractivity contribution in [1.29, 1.82) is 0 Å². The van der Waals surface area contributed by atoms with E-state index in [2.05, 4.69) is 4.99 Å². The molecule has 0 radical (unpaired) electrons. The van der Waals surface area contributed by atoms with E-state index < -0.39 is 6.03 Å². The van der Waals surface area contributed by atoms with E-state index in [1.807, 2.05) is 0 Å². The summed E-state index contributed by atoms with van der Waals surface area (Å²) in [6.07, 6.45) is 4.68. The summed E-state index contributed by atoms with van der Waals surface area (Å²) in [6, 6.07) is -0.447. The smallest absolute Gasteiger partial charge is 0.319 e. The van der Waals surface area contributed by atoms with Crippen LogP contribution in [0.15, 0.2) is 17.4 Å². The molecule has 5 heteroatoms. The maximum atomic E-state index is 10.4. The van der Waals surface area contributed by atoms with Crippen LogP contribution in [0.5, 0.6) is 0 Å². The second kappa shape index (κ2) is 3.90. The Morgan fingerprint density at radius 1 is 1.70 bits per heavy atom. The number of nitrogens with two attached hydrogens (primary N) is 1. The minimum Gasteiger partial charge on any atom is -0.351 e. The molecule has 0 aromatic carbocycles. The van der Waals surface area contributed by atoms with Gasteiger partial charge in [-0.3, -0.25) is 9.89 Å². The molecule has 1 rings (SSSR count). The molecule has 0 unspecified atom stereocenters. The van der Waals surface area contributed by atoms with E-state index in [9.17, 15) is 4.79 Å². The van der Waals surface area contributed by atoms with Crippen LogP contribution in [-0.4, -0.2) is 23.7 Å². The van der Waals surface area contributed by atoms with Crippen molar-refractivity contribution in [3.05, 3.63) is 12.4 Å². The fraction of sp³-hybridized carbons (Fsp3) is 0.200. The maximum Gasteiger partial charge on any atom is 0.319 e. The number of halogens is 1. The summed E-state index contributed by atoms with van der Waals surface area (Å²) in [5.41, 5.74) is 4.94. The van der Waals surface area contributed by atoms with Crippen LogP contribution in [0.1, 0.15) is 0 Å². The van der Waals surface area contributed by atoms with Gasteiger partial charge in [-0.2, -0.15) is 0 Å². The maximum absolute atomic E-state index is 10.4. The minimum absolute atomic E-state index is 0. The minimum atomic E-state index is -0.447. The van der Waals surface area contributed by atoms with Crippen LogP contribution in [0, 0.1) is 0 Å². The monoisotopic (exact) mass is 161 g/mol. The van der Waals surface area contributed by atoms with Gasteiger partial charge in [0.05, 0.1) is 6.54 Å². The van der Waals surface area contributed by atoms with Crippen LogP contribution in [0.4, 0.5) is 4.79 Å². The summed E-state index contributed by atoms with van der Waals surface area (Å²) in [5.74, 6) is 0. The second-order valence-corrected chi connectivity index (χ2v) is 1.62. The fourth-order valence-electron chi connectivity index (χ4n) is 0.539. The SMILES string of the molecule is Cl.NC(=O)N1C=CN=CC1. The first-order valence-corrected chi connectivity index (χ1v) is 2.55. The Morgan fingerprint density at radius 3 is 2.70 bits per heavy atom. The molecule has 0 fully saturated rings. The van der Waals surface area contributed by atoms with E-state index in [1.165, 1.54) is 11.1 Å². The molecule has 1 aliphatic heterocycles. The summed E-state index contributed by atoms with van der Waals surface area (Å²) >= 11 is 0. The molecule has 1 heterocycles. The van der Waals surface area contributed by atoms with Gasteiger partial charge < -0.3 is 5.73 Å². The Balaban J connectivity index is 0.000000810. The number of carbonyl (C=O) groups excluding carboxylic acids is 1. The average molecular weight is 162 g/mol. The fourth-order valence-corrected chi connectivity index (χ4v) is 0.539. The lowest BCUT2D eigenvalue weighted by atomic mass is 10.5. The number of primary amides is 1. The van der Waals surface area contributed by atoms with Gasteiger partial charge in [0.25, 0.3) is 0 Å². The number of hydrogen-bond donors (Lipinski definition) is 1. The first-order valence-electron chi connectivity index (χ1n) is 2.55. The number of carbonyl (C=O) groups is 1. The molecule has 10 heavy (non-hydrogen) atoms. The quantitative estimate of drug-likeness (QED) is 0.548. The summed E-state index contributed by atoms with van der Waals surface area (Å²) in [4.78, 5) is 15.5. The molecule has 0 aromatic heterocycles. The molecule has 4 nitrogen and oxygen atoms in total. The topological polar surface area (TPSA) is 58.7 Å². The summed E-state index contributed by atoms with van der Waals surface area (Å²) < 4.78 is 0. The molecule has 2 N–H and O–H groups in total. The van der Waals surface area contributed by atoms with Crippen molar-refractivity contribution in [3.8, 4) is 0 Å². The number of aliphatic imine (C=N–C) groups is 1. The Kier molecular flexibility index (Phi) is 3.49. The van der Waals surface area contributed by atoms with Gasteiger partial charge in [-0.05, 0) is 0 Å². The van der Waals surface area contributed by atoms with Gasteiger partial charge in [-0.15, -0.1) is 12.4 Å². The Morgan fingerprint density at radius 2 is 2.40 bits per heavy atom. The van der Waals surface area contributed by atoms with Crippen molar-refractivity contribution >= 4 is 24.7 Å². The lowest BCUT2D eigenvalue weighted by Gasteiger charge is -2.13. The number of urea groups is 1. The van der Waals surface area contributed by atoms with Gasteiger partial charge in [0.1, 0.15) is 0 Å². The number of amides is 2. The molecule has 0 aromatic rings. The Hall–Kier alpha value is -1.03. The van der Waals surface area contributed by atoms with E-state index >= 15 is 0 Å². The van der Waals surface area contributed by atoms with Crippen LogP contribution >= 0.6 is 12.4 Å². The summed E-state index contributed by atoms with van der Waals surface area (Å²) in [6.45, 7) is 0.478. The highest BCUT2D eigenvalue weighted by atomic mass is 35.5. The van der Waals surface area contributed by atoms with E-state index in [1.54, 1.807) is 12.4 Å². The zero-order valence-corrected chi connectivity index (χ0v) is 6.04. The molecule has 0 atom stereocenters. The van der Waals surface area contributed by atoms with Crippen LogP contribution in [-0.2, 0) is 0 Å².